The second kappa shape index (κ2) is 11.8. The molecule has 2 aromatic carbocycles. The molecule has 4 aromatic rings. The lowest BCUT2D eigenvalue weighted by Crippen LogP contribution is -2.63. The number of carbonyl (C=O) groups is 1. The van der Waals surface area contributed by atoms with Crippen LogP contribution in [0.1, 0.15) is 56.9 Å². The Morgan fingerprint density at radius 2 is 1.87 bits per heavy atom. The Labute approximate surface area is 308 Å². The molecule has 52 heavy (non-hydrogen) atoms. The van der Waals surface area contributed by atoms with Crippen molar-refractivity contribution in [3.8, 4) is 23.2 Å². The number of anilines is 2. The average molecular weight is 745 g/mol. The fraction of sp³-hybridized carbons (Fsp3) is 0.526. The molecule has 2 aromatic heterocycles. The number of nitrogen functional groups attached to an aromatic ring is 1. The van der Waals surface area contributed by atoms with Gasteiger partial charge in [-0.3, -0.25) is 15.0 Å². The third-order valence-corrected chi connectivity index (χ3v) is 14.2. The lowest BCUT2D eigenvalue weighted by molar-refractivity contribution is -0.144. The molecular weight excluding hydrogens is 706 g/mol. The van der Waals surface area contributed by atoms with E-state index < -0.39 is 11.6 Å². The number of halogens is 3. The molecule has 10 nitrogen and oxygen atoms in total. The Morgan fingerprint density at radius 3 is 2.58 bits per heavy atom. The summed E-state index contributed by atoms with van der Waals surface area (Å²) in [6, 6.07) is 6.90. The molecule has 1 saturated carbocycles. The number of likely N-dealkylation sites (tertiary alicyclic amines) is 1. The molecule has 5 saturated heterocycles. The van der Waals surface area contributed by atoms with Crippen molar-refractivity contribution in [2.75, 3.05) is 56.5 Å². The number of ether oxygens (including phenoxy) is 1. The molecule has 14 heteroatoms. The summed E-state index contributed by atoms with van der Waals surface area (Å²) >= 11 is 7.89. The van der Waals surface area contributed by atoms with Crippen LogP contribution in [0.5, 0.6) is 6.01 Å². The predicted octanol–water partition coefficient (Wildman–Crippen LogP) is 6.08. The highest BCUT2D eigenvalue weighted by molar-refractivity contribution is 7.23. The van der Waals surface area contributed by atoms with E-state index in [9.17, 15) is 14.4 Å². The Balaban J connectivity index is 0.993. The van der Waals surface area contributed by atoms with Gasteiger partial charge in [0.2, 0.25) is 5.91 Å². The number of amides is 1. The quantitative estimate of drug-likeness (QED) is 0.216. The molecule has 0 radical (unpaired) electrons. The van der Waals surface area contributed by atoms with Gasteiger partial charge in [0.1, 0.15) is 40.9 Å². The van der Waals surface area contributed by atoms with Crippen molar-refractivity contribution in [3.05, 3.63) is 40.4 Å². The lowest BCUT2D eigenvalue weighted by Gasteiger charge is -2.54. The molecule has 5 aliphatic heterocycles. The number of fused-ring (bicyclic) bond motifs is 3. The van der Waals surface area contributed by atoms with Gasteiger partial charge in [-0.15, -0.1) is 11.3 Å². The van der Waals surface area contributed by atoms with E-state index in [1.165, 1.54) is 25.0 Å². The van der Waals surface area contributed by atoms with Gasteiger partial charge in [-0.2, -0.15) is 15.2 Å². The van der Waals surface area contributed by atoms with Crippen LogP contribution in [-0.4, -0.2) is 89.2 Å². The largest absolute Gasteiger partial charge is 0.461 e. The van der Waals surface area contributed by atoms with Crippen LogP contribution in [-0.2, 0) is 4.79 Å². The summed E-state index contributed by atoms with van der Waals surface area (Å²) in [5, 5.41) is 14.3. The van der Waals surface area contributed by atoms with Crippen molar-refractivity contribution in [2.24, 2.45) is 11.3 Å². The van der Waals surface area contributed by atoms with Crippen LogP contribution in [0.3, 0.4) is 0 Å². The van der Waals surface area contributed by atoms with E-state index >= 15 is 4.39 Å². The standard InChI is InChI=1S/C38H39ClF2N8O2S/c39-24-15-22-30(28(41)27(24)21-5-6-25(40)32-26(21)23(16-42)33(43)52-32)45-36(51-19-38-7-1-11-49(38)12-2-8-38)46-34(22)47-13-9-37(10-14-47)17-48(18-37)35(50)31-29(44-31)20-3-4-20/h5-6,15,20,29,31,44H,1-4,7-14,17-19,43H2/t29-,31+/m0/s1. The van der Waals surface area contributed by atoms with Crippen LogP contribution in [0.4, 0.5) is 19.6 Å². The maximum atomic E-state index is 17.1. The first-order valence-corrected chi connectivity index (χ1v) is 19.7. The van der Waals surface area contributed by atoms with Gasteiger partial charge in [-0.1, -0.05) is 17.7 Å². The second-order valence-corrected chi connectivity index (χ2v) is 17.4. The summed E-state index contributed by atoms with van der Waals surface area (Å²) in [4.78, 5) is 29.4. The predicted molar refractivity (Wildman–Crippen MR) is 197 cm³/mol. The SMILES string of the molecule is N#Cc1c(N)sc2c(F)ccc(-c3c(Cl)cc4c(N5CCC6(CC5)CN(C(=O)[C@@H]5N[C@H]5C5CC5)C6)nc(OCC56CCCN5CCC6)nc4c3F)c12. The number of thiophene rings is 1. The summed E-state index contributed by atoms with van der Waals surface area (Å²) < 4.78 is 38.7. The number of hydrogen-bond acceptors (Lipinski definition) is 10. The number of nitrogens with two attached hydrogens (primary N) is 1. The van der Waals surface area contributed by atoms with Crippen molar-refractivity contribution >= 4 is 60.7 Å². The zero-order chi connectivity index (χ0) is 35.5. The van der Waals surface area contributed by atoms with Gasteiger partial charge in [0.05, 0.1) is 20.8 Å². The van der Waals surface area contributed by atoms with E-state index in [-0.39, 0.29) is 71.2 Å². The van der Waals surface area contributed by atoms with Crippen LogP contribution in [0.15, 0.2) is 18.2 Å². The number of carbonyl (C=O) groups excluding carboxylic acids is 1. The number of rotatable bonds is 7. The fourth-order valence-electron chi connectivity index (χ4n) is 9.75. The highest BCUT2D eigenvalue weighted by Crippen LogP contribution is 2.48. The molecule has 7 heterocycles. The normalized spacial score (nSPS) is 24.7. The first-order chi connectivity index (χ1) is 25.2. The Morgan fingerprint density at radius 1 is 1.12 bits per heavy atom. The first kappa shape index (κ1) is 32.8. The number of aromatic nitrogens is 2. The van der Waals surface area contributed by atoms with Gasteiger partial charge < -0.3 is 20.3 Å². The minimum absolute atomic E-state index is 0.00467. The van der Waals surface area contributed by atoms with Gasteiger partial charge in [0.25, 0.3) is 0 Å². The van der Waals surface area contributed by atoms with E-state index in [0.717, 1.165) is 76.0 Å². The zero-order valence-electron chi connectivity index (χ0n) is 28.7. The maximum absolute atomic E-state index is 17.1. The van der Waals surface area contributed by atoms with Crippen LogP contribution >= 0.6 is 22.9 Å². The highest BCUT2D eigenvalue weighted by Gasteiger charge is 2.56. The monoisotopic (exact) mass is 744 g/mol. The third-order valence-electron chi connectivity index (χ3n) is 12.8. The van der Waals surface area contributed by atoms with Crippen molar-refractivity contribution in [3.63, 3.8) is 0 Å². The number of benzene rings is 2. The van der Waals surface area contributed by atoms with Crippen LogP contribution in [0.2, 0.25) is 5.02 Å². The van der Waals surface area contributed by atoms with Crippen molar-refractivity contribution in [1.82, 2.24) is 25.1 Å². The molecule has 270 valence electrons. The molecule has 1 aliphatic carbocycles. The summed E-state index contributed by atoms with van der Waals surface area (Å²) in [5.74, 6) is 0.226. The van der Waals surface area contributed by atoms with E-state index in [1.54, 1.807) is 6.07 Å². The van der Waals surface area contributed by atoms with Crippen LogP contribution in [0.25, 0.3) is 32.1 Å². The van der Waals surface area contributed by atoms with Crippen molar-refractivity contribution in [1.29, 1.82) is 5.26 Å². The Hall–Kier alpha value is -3.83. The van der Waals surface area contributed by atoms with E-state index in [1.807, 2.05) is 4.90 Å². The van der Waals surface area contributed by atoms with E-state index in [0.29, 0.717) is 42.9 Å². The molecular formula is C38H39ClF2N8O2S. The second-order valence-electron chi connectivity index (χ2n) is 15.9. The number of nitrogens with one attached hydrogen (secondary N) is 1. The fourth-order valence-corrected chi connectivity index (χ4v) is 11.0. The topological polar surface area (TPSA) is 134 Å². The molecule has 0 unspecified atom stereocenters. The molecule has 1 spiro atoms. The molecule has 10 rings (SSSR count). The number of hydrogen-bond donors (Lipinski definition) is 2. The maximum Gasteiger partial charge on any atom is 0.319 e. The highest BCUT2D eigenvalue weighted by atomic mass is 35.5. The lowest BCUT2D eigenvalue weighted by atomic mass is 9.71. The summed E-state index contributed by atoms with van der Waals surface area (Å²) in [6.45, 7) is 5.40. The molecule has 0 bridgehead atoms. The zero-order valence-corrected chi connectivity index (χ0v) is 30.3. The minimum atomic E-state index is -0.695. The molecule has 2 atom stereocenters. The van der Waals surface area contributed by atoms with Gasteiger partial charge in [-0.25, -0.2) is 8.78 Å². The smallest absolute Gasteiger partial charge is 0.319 e. The summed E-state index contributed by atoms with van der Waals surface area (Å²) in [7, 11) is 0. The minimum Gasteiger partial charge on any atom is -0.461 e. The van der Waals surface area contributed by atoms with Gasteiger partial charge in [0.15, 0.2) is 5.82 Å². The molecule has 3 N–H and O–H groups in total. The number of nitrogens with zero attached hydrogens (tertiary/aromatic N) is 6. The summed E-state index contributed by atoms with van der Waals surface area (Å²) in [6.07, 6.45) is 8.51. The number of nitriles is 1. The van der Waals surface area contributed by atoms with Crippen molar-refractivity contribution in [2.45, 2.75) is 69.0 Å². The van der Waals surface area contributed by atoms with E-state index in [2.05, 4.69) is 26.2 Å². The Kier molecular flexibility index (Phi) is 7.46. The molecule has 6 fully saturated rings. The van der Waals surface area contributed by atoms with Crippen LogP contribution < -0.4 is 20.7 Å². The van der Waals surface area contributed by atoms with Gasteiger partial charge >= 0.3 is 6.01 Å². The Bertz CT molecular complexity index is 2190. The van der Waals surface area contributed by atoms with Gasteiger partial charge in [0, 0.05) is 54.0 Å². The molecule has 1 amide bonds. The van der Waals surface area contributed by atoms with E-state index in [4.69, 9.17) is 27.1 Å². The van der Waals surface area contributed by atoms with Gasteiger partial charge in [-0.05, 0) is 88.1 Å². The summed E-state index contributed by atoms with van der Waals surface area (Å²) in [5.41, 5.74) is 6.55. The van der Waals surface area contributed by atoms with Crippen LogP contribution in [0, 0.1) is 34.3 Å². The van der Waals surface area contributed by atoms with Crippen molar-refractivity contribution < 1.29 is 18.3 Å². The molecule has 6 aliphatic rings. The average Bonchev–Trinajstić information content (AvgIpc) is 4.01. The number of piperidine rings is 1. The third kappa shape index (κ3) is 5.08. The first-order valence-electron chi connectivity index (χ1n) is 18.5.